The fourth-order valence-corrected chi connectivity index (χ4v) is 3.02. The molecule has 25 heavy (non-hydrogen) atoms. The lowest BCUT2D eigenvalue weighted by Gasteiger charge is -2.06. The van der Waals surface area contributed by atoms with Gasteiger partial charge in [-0.2, -0.15) is 4.98 Å². The van der Waals surface area contributed by atoms with Gasteiger partial charge in [-0.15, -0.1) is 0 Å². The molecule has 5 heteroatoms. The van der Waals surface area contributed by atoms with Crippen molar-refractivity contribution in [2.45, 2.75) is 19.4 Å². The fraction of sp³-hybridized carbons (Fsp3) is 0.300. The average molecular weight is 335 g/mol. The van der Waals surface area contributed by atoms with Crippen LogP contribution in [0.4, 0.5) is 0 Å². The van der Waals surface area contributed by atoms with E-state index in [1.807, 2.05) is 54.6 Å². The lowest BCUT2D eigenvalue weighted by atomic mass is 10.1. The first-order chi connectivity index (χ1) is 12.4. The van der Waals surface area contributed by atoms with Crippen LogP contribution in [0.2, 0.25) is 0 Å². The normalized spacial score (nSPS) is 16.9. The van der Waals surface area contributed by atoms with Crippen LogP contribution in [0.25, 0.3) is 11.4 Å². The molecule has 1 unspecified atom stereocenters. The van der Waals surface area contributed by atoms with E-state index >= 15 is 0 Å². The first kappa shape index (κ1) is 15.8. The second-order valence-corrected chi connectivity index (χ2v) is 6.37. The monoisotopic (exact) mass is 335 g/mol. The molecule has 3 aromatic rings. The van der Waals surface area contributed by atoms with Crippen LogP contribution < -0.4 is 10.1 Å². The Labute approximate surface area is 147 Å². The molecule has 128 valence electrons. The Hall–Kier alpha value is -2.66. The van der Waals surface area contributed by atoms with Crippen LogP contribution in [0.1, 0.15) is 17.9 Å². The molecule has 0 spiro atoms. The highest BCUT2D eigenvalue weighted by molar-refractivity contribution is 5.54. The number of benzene rings is 2. The SMILES string of the molecule is c1ccc(OCc2ccc(-c3noc(CC4CCNC4)n3)cc2)cc1. The largest absolute Gasteiger partial charge is 0.489 e. The third kappa shape index (κ3) is 4.06. The molecule has 0 aliphatic carbocycles. The van der Waals surface area contributed by atoms with Gasteiger partial charge in [0.05, 0.1) is 0 Å². The molecule has 0 radical (unpaired) electrons. The molecule has 1 fully saturated rings. The quantitative estimate of drug-likeness (QED) is 0.747. The number of hydrogen-bond donors (Lipinski definition) is 1. The molecule has 2 aromatic carbocycles. The van der Waals surface area contributed by atoms with Crippen LogP contribution in [0, 0.1) is 5.92 Å². The Balaban J connectivity index is 1.37. The topological polar surface area (TPSA) is 60.2 Å². The Morgan fingerprint density at radius 1 is 1.08 bits per heavy atom. The maximum Gasteiger partial charge on any atom is 0.227 e. The van der Waals surface area contributed by atoms with Crippen LogP contribution >= 0.6 is 0 Å². The minimum Gasteiger partial charge on any atom is -0.489 e. The average Bonchev–Trinajstić information content (AvgIpc) is 3.34. The summed E-state index contributed by atoms with van der Waals surface area (Å²) in [6, 6.07) is 17.9. The minimum atomic E-state index is 0.538. The fourth-order valence-electron chi connectivity index (χ4n) is 3.02. The molecule has 0 saturated carbocycles. The van der Waals surface area contributed by atoms with E-state index in [2.05, 4.69) is 15.5 Å². The molecule has 0 amide bonds. The number of ether oxygens (including phenoxy) is 1. The number of aromatic nitrogens is 2. The molecule has 1 N–H and O–H groups in total. The van der Waals surface area contributed by atoms with Gasteiger partial charge in [0.25, 0.3) is 0 Å². The van der Waals surface area contributed by atoms with Crippen molar-refractivity contribution in [1.29, 1.82) is 0 Å². The molecule has 0 bridgehead atoms. The van der Waals surface area contributed by atoms with E-state index in [1.165, 1.54) is 6.42 Å². The van der Waals surface area contributed by atoms with E-state index in [4.69, 9.17) is 9.26 Å². The maximum absolute atomic E-state index is 5.76. The van der Waals surface area contributed by atoms with Crippen LogP contribution in [-0.2, 0) is 13.0 Å². The smallest absolute Gasteiger partial charge is 0.227 e. The standard InChI is InChI=1S/C20H21N3O2/c1-2-4-18(5-3-1)24-14-15-6-8-17(9-7-15)20-22-19(25-23-20)12-16-10-11-21-13-16/h1-9,16,21H,10-14H2. The molecule has 1 aromatic heterocycles. The van der Waals surface area contributed by atoms with E-state index in [-0.39, 0.29) is 0 Å². The van der Waals surface area contributed by atoms with Gasteiger partial charge in [-0.3, -0.25) is 0 Å². The van der Waals surface area contributed by atoms with Gasteiger partial charge in [0.2, 0.25) is 11.7 Å². The highest BCUT2D eigenvalue weighted by Crippen LogP contribution is 2.20. The van der Waals surface area contributed by atoms with Gasteiger partial charge in [0.15, 0.2) is 0 Å². The Kier molecular flexibility index (Phi) is 4.74. The van der Waals surface area contributed by atoms with E-state index < -0.39 is 0 Å². The predicted molar refractivity (Wildman–Crippen MR) is 95.2 cm³/mol. The van der Waals surface area contributed by atoms with Gasteiger partial charge in [0.1, 0.15) is 12.4 Å². The number of rotatable bonds is 6. The van der Waals surface area contributed by atoms with Crippen molar-refractivity contribution >= 4 is 0 Å². The highest BCUT2D eigenvalue weighted by atomic mass is 16.5. The first-order valence-corrected chi connectivity index (χ1v) is 8.67. The van der Waals surface area contributed by atoms with Crippen molar-refractivity contribution in [2.75, 3.05) is 13.1 Å². The van der Waals surface area contributed by atoms with Gasteiger partial charge >= 0.3 is 0 Å². The Bertz CT molecular complexity index is 793. The molecule has 1 aliphatic heterocycles. The van der Waals surface area contributed by atoms with Crippen molar-refractivity contribution < 1.29 is 9.26 Å². The summed E-state index contributed by atoms with van der Waals surface area (Å²) < 4.78 is 11.2. The van der Waals surface area contributed by atoms with Gasteiger partial charge in [0, 0.05) is 12.0 Å². The summed E-state index contributed by atoms with van der Waals surface area (Å²) in [6.45, 7) is 2.66. The summed E-state index contributed by atoms with van der Waals surface area (Å²) in [5, 5.41) is 7.47. The van der Waals surface area contributed by atoms with Crippen LogP contribution in [0.15, 0.2) is 59.1 Å². The number of para-hydroxylation sites is 1. The van der Waals surface area contributed by atoms with Crippen molar-refractivity contribution in [1.82, 2.24) is 15.5 Å². The van der Waals surface area contributed by atoms with E-state index in [9.17, 15) is 0 Å². The van der Waals surface area contributed by atoms with Gasteiger partial charge < -0.3 is 14.6 Å². The van der Waals surface area contributed by atoms with Crippen molar-refractivity contribution in [3.05, 3.63) is 66.1 Å². The number of hydrogen-bond acceptors (Lipinski definition) is 5. The molecule has 4 rings (SSSR count). The lowest BCUT2D eigenvalue weighted by Crippen LogP contribution is -2.10. The van der Waals surface area contributed by atoms with E-state index in [0.717, 1.165) is 42.3 Å². The second kappa shape index (κ2) is 7.49. The molecule has 5 nitrogen and oxygen atoms in total. The van der Waals surface area contributed by atoms with Gasteiger partial charge in [-0.1, -0.05) is 47.6 Å². The summed E-state index contributed by atoms with van der Waals surface area (Å²) in [7, 11) is 0. The van der Waals surface area contributed by atoms with Crippen LogP contribution in [0.3, 0.4) is 0 Å². The first-order valence-electron chi connectivity index (χ1n) is 8.67. The van der Waals surface area contributed by atoms with E-state index in [1.54, 1.807) is 0 Å². The third-order valence-electron chi connectivity index (χ3n) is 4.45. The molecule has 1 aliphatic rings. The van der Waals surface area contributed by atoms with Crippen LogP contribution in [-0.4, -0.2) is 23.2 Å². The van der Waals surface area contributed by atoms with Crippen molar-refractivity contribution in [3.63, 3.8) is 0 Å². The molecule has 2 heterocycles. The van der Waals surface area contributed by atoms with E-state index in [0.29, 0.717) is 18.3 Å². The zero-order chi connectivity index (χ0) is 16.9. The lowest BCUT2D eigenvalue weighted by molar-refractivity contribution is 0.306. The summed E-state index contributed by atoms with van der Waals surface area (Å²) in [4.78, 5) is 4.53. The van der Waals surface area contributed by atoms with Crippen molar-refractivity contribution in [3.8, 4) is 17.1 Å². The second-order valence-electron chi connectivity index (χ2n) is 6.37. The van der Waals surface area contributed by atoms with Crippen LogP contribution in [0.5, 0.6) is 5.75 Å². The molecular weight excluding hydrogens is 314 g/mol. The zero-order valence-corrected chi connectivity index (χ0v) is 14.0. The highest BCUT2D eigenvalue weighted by Gasteiger charge is 2.18. The van der Waals surface area contributed by atoms with Gasteiger partial charge in [-0.05, 0) is 43.1 Å². The third-order valence-corrected chi connectivity index (χ3v) is 4.45. The number of nitrogens with one attached hydrogen (secondary N) is 1. The number of nitrogens with zero attached hydrogens (tertiary/aromatic N) is 2. The summed E-state index contributed by atoms with van der Waals surface area (Å²) in [5.41, 5.74) is 2.07. The zero-order valence-electron chi connectivity index (χ0n) is 14.0. The van der Waals surface area contributed by atoms with Crippen molar-refractivity contribution in [2.24, 2.45) is 5.92 Å². The minimum absolute atomic E-state index is 0.538. The summed E-state index contributed by atoms with van der Waals surface area (Å²) in [6.07, 6.45) is 2.02. The summed E-state index contributed by atoms with van der Waals surface area (Å²) >= 11 is 0. The molecule has 1 saturated heterocycles. The molecular formula is C20H21N3O2. The maximum atomic E-state index is 5.76. The molecule has 1 atom stereocenters. The predicted octanol–water partition coefficient (Wildman–Crippen LogP) is 3.47. The summed E-state index contributed by atoms with van der Waals surface area (Å²) in [5.74, 6) is 2.85. The Morgan fingerprint density at radius 2 is 1.92 bits per heavy atom. The van der Waals surface area contributed by atoms with Gasteiger partial charge in [-0.25, -0.2) is 0 Å². The Morgan fingerprint density at radius 3 is 2.68 bits per heavy atom.